The van der Waals surface area contributed by atoms with Gasteiger partial charge in [0.05, 0.1) is 12.5 Å². The summed E-state index contributed by atoms with van der Waals surface area (Å²) in [6.45, 7) is 5.37. The number of nitrogens with zero attached hydrogens (tertiary/aromatic N) is 3. The normalized spacial score (nSPS) is 13.1. The highest BCUT2D eigenvalue weighted by Crippen LogP contribution is 2.15. The highest BCUT2D eigenvalue weighted by Gasteiger charge is 2.28. The minimum atomic E-state index is -1.86. The van der Waals surface area contributed by atoms with E-state index in [1.165, 1.54) is 19.4 Å². The number of Topliss-reactive ketones (excluding diaryl/α,β-unsaturated/α-hetero) is 1. The van der Waals surface area contributed by atoms with Crippen molar-refractivity contribution in [1.29, 1.82) is 0 Å². The van der Waals surface area contributed by atoms with E-state index < -0.39 is 17.0 Å². The predicted molar refractivity (Wildman–Crippen MR) is 89.2 cm³/mol. The number of hydrogen-bond donors (Lipinski definition) is 1. The molecule has 0 radical (unpaired) electrons. The molecule has 126 valence electrons. The van der Waals surface area contributed by atoms with E-state index in [4.69, 9.17) is 0 Å². The van der Waals surface area contributed by atoms with Crippen LogP contribution in [0.3, 0.4) is 0 Å². The molecule has 0 fully saturated rings. The molecular formula is C16H23N3O3S. The van der Waals surface area contributed by atoms with Crippen LogP contribution in [0.1, 0.15) is 26.3 Å². The van der Waals surface area contributed by atoms with Gasteiger partial charge in [0.2, 0.25) is 0 Å². The van der Waals surface area contributed by atoms with Crippen LogP contribution < -0.4 is 0 Å². The summed E-state index contributed by atoms with van der Waals surface area (Å²) in [5.74, 6) is -0.253. The summed E-state index contributed by atoms with van der Waals surface area (Å²) < 4.78 is 14.5. The van der Waals surface area contributed by atoms with Crippen molar-refractivity contribution in [2.75, 3.05) is 0 Å². The largest absolute Gasteiger partial charge is 0.326 e. The number of carbonyl (C=O) groups excluding carboxylic acids is 1. The molecule has 0 aliphatic heterocycles. The molecule has 2 aromatic rings. The van der Waals surface area contributed by atoms with Crippen LogP contribution in [-0.2, 0) is 29.2 Å². The van der Waals surface area contributed by atoms with Crippen LogP contribution in [0.4, 0.5) is 0 Å². The van der Waals surface area contributed by atoms with Crippen LogP contribution >= 0.6 is 0 Å². The number of carbonyl (C=O) groups is 1. The molecule has 6 nitrogen and oxygen atoms in total. The molecule has 0 bridgehead atoms. The molecule has 0 amide bonds. The zero-order chi connectivity index (χ0) is 17.4. The lowest BCUT2D eigenvalue weighted by Crippen LogP contribution is -2.41. The number of imidazole rings is 1. The number of hydrogen-bond acceptors (Lipinski definition) is 4. The SMILES string of the molecule is CC.CC(=O)[C@H](Cc1ccccc1)N(O)S(=O)c1cncn1C. The van der Waals surface area contributed by atoms with Gasteiger partial charge in [-0.2, -0.15) is 0 Å². The standard InChI is InChI=1S/C14H17N3O3S.C2H6/c1-11(18)13(8-12-6-4-3-5-7-12)17(19)21(20)14-9-15-10-16(14)2;1-2/h3-7,9-10,13,19H,8H2,1-2H3;1-2H3/t13-,21?;/m0./s1. The lowest BCUT2D eigenvalue weighted by atomic mass is 10.0. The molecular weight excluding hydrogens is 314 g/mol. The smallest absolute Gasteiger partial charge is 0.170 e. The Labute approximate surface area is 139 Å². The minimum Gasteiger partial charge on any atom is -0.326 e. The monoisotopic (exact) mass is 337 g/mol. The predicted octanol–water partition coefficient (Wildman–Crippen LogP) is 2.36. The Morgan fingerprint density at radius 1 is 1.35 bits per heavy atom. The van der Waals surface area contributed by atoms with E-state index in [2.05, 4.69) is 4.98 Å². The molecule has 0 saturated carbocycles. The van der Waals surface area contributed by atoms with Crippen LogP contribution in [0.15, 0.2) is 47.9 Å². The lowest BCUT2D eigenvalue weighted by molar-refractivity contribution is -0.129. The Morgan fingerprint density at radius 3 is 2.43 bits per heavy atom. The van der Waals surface area contributed by atoms with Crippen molar-refractivity contribution in [2.45, 2.75) is 38.3 Å². The van der Waals surface area contributed by atoms with Crippen molar-refractivity contribution in [3.63, 3.8) is 0 Å². The first-order valence-corrected chi connectivity index (χ1v) is 8.52. The topological polar surface area (TPSA) is 75.4 Å². The summed E-state index contributed by atoms with van der Waals surface area (Å²) in [5.41, 5.74) is 0.888. The maximum Gasteiger partial charge on any atom is 0.170 e. The highest BCUT2D eigenvalue weighted by atomic mass is 32.2. The summed E-state index contributed by atoms with van der Waals surface area (Å²) in [6.07, 6.45) is 3.18. The van der Waals surface area contributed by atoms with Crippen molar-refractivity contribution >= 4 is 16.8 Å². The molecule has 2 rings (SSSR count). The zero-order valence-electron chi connectivity index (χ0n) is 13.8. The second-order valence-corrected chi connectivity index (χ2v) is 6.00. The molecule has 0 spiro atoms. The molecule has 0 aliphatic carbocycles. The average Bonchev–Trinajstić information content (AvgIpc) is 3.00. The van der Waals surface area contributed by atoms with Gasteiger partial charge in [-0.25, -0.2) is 9.19 Å². The second-order valence-electron chi connectivity index (χ2n) is 4.71. The number of ketones is 1. The minimum absolute atomic E-state index is 0.253. The molecule has 1 heterocycles. The van der Waals surface area contributed by atoms with E-state index in [1.807, 2.05) is 44.2 Å². The van der Waals surface area contributed by atoms with E-state index >= 15 is 0 Å². The number of rotatable bonds is 6. The van der Waals surface area contributed by atoms with Crippen LogP contribution in [0.25, 0.3) is 0 Å². The molecule has 2 atom stereocenters. The number of hydroxylamine groups is 1. The van der Waals surface area contributed by atoms with Gasteiger partial charge in [-0.15, -0.1) is 0 Å². The summed E-state index contributed by atoms with van der Waals surface area (Å²) >= 11 is 0. The maximum atomic E-state index is 12.3. The summed E-state index contributed by atoms with van der Waals surface area (Å²) in [7, 11) is -0.190. The Bertz CT molecular complexity index is 643. The zero-order valence-corrected chi connectivity index (χ0v) is 14.7. The van der Waals surface area contributed by atoms with Gasteiger partial charge in [0.15, 0.2) is 16.8 Å². The van der Waals surface area contributed by atoms with Gasteiger partial charge in [-0.3, -0.25) is 4.79 Å². The van der Waals surface area contributed by atoms with Gasteiger partial charge in [0.1, 0.15) is 11.1 Å². The first-order chi connectivity index (χ1) is 11.0. The Balaban J connectivity index is 0.00000127. The Kier molecular flexibility index (Phi) is 7.80. The first-order valence-electron chi connectivity index (χ1n) is 7.41. The van der Waals surface area contributed by atoms with Crippen LogP contribution in [0, 0.1) is 0 Å². The van der Waals surface area contributed by atoms with Gasteiger partial charge in [0, 0.05) is 7.05 Å². The third kappa shape index (κ3) is 5.09. The molecule has 0 saturated heterocycles. The van der Waals surface area contributed by atoms with Crippen molar-refractivity contribution in [3.05, 3.63) is 48.4 Å². The summed E-state index contributed by atoms with van der Waals surface area (Å²) in [4.78, 5) is 15.7. The molecule has 1 aromatic carbocycles. The fourth-order valence-electron chi connectivity index (χ4n) is 1.94. The van der Waals surface area contributed by atoms with Crippen LogP contribution in [-0.4, -0.2) is 35.3 Å². The Hall–Kier alpha value is -1.83. The molecule has 1 unspecified atom stereocenters. The molecule has 1 aromatic heterocycles. The number of aryl methyl sites for hydroxylation is 1. The van der Waals surface area contributed by atoms with Gasteiger partial charge < -0.3 is 9.77 Å². The first kappa shape index (κ1) is 19.2. The van der Waals surface area contributed by atoms with Gasteiger partial charge >= 0.3 is 0 Å². The van der Waals surface area contributed by atoms with Crippen molar-refractivity contribution in [3.8, 4) is 0 Å². The van der Waals surface area contributed by atoms with Crippen LogP contribution in [0.2, 0.25) is 0 Å². The quantitative estimate of drug-likeness (QED) is 0.821. The third-order valence-electron chi connectivity index (χ3n) is 3.13. The second kappa shape index (κ2) is 9.34. The fourth-order valence-corrected chi connectivity index (χ4v) is 3.03. The van der Waals surface area contributed by atoms with E-state index in [0.717, 1.165) is 5.56 Å². The van der Waals surface area contributed by atoms with Gasteiger partial charge in [0.25, 0.3) is 0 Å². The average molecular weight is 337 g/mol. The van der Waals surface area contributed by atoms with Crippen molar-refractivity contribution in [1.82, 2.24) is 14.0 Å². The summed E-state index contributed by atoms with van der Waals surface area (Å²) in [6, 6.07) is 8.42. The highest BCUT2D eigenvalue weighted by molar-refractivity contribution is 7.82. The third-order valence-corrected chi connectivity index (χ3v) is 4.47. The molecule has 7 heteroatoms. The maximum absolute atomic E-state index is 12.3. The van der Waals surface area contributed by atoms with Gasteiger partial charge in [-0.05, 0) is 18.9 Å². The Morgan fingerprint density at radius 2 is 1.96 bits per heavy atom. The van der Waals surface area contributed by atoms with Gasteiger partial charge in [-0.1, -0.05) is 48.6 Å². The van der Waals surface area contributed by atoms with E-state index in [9.17, 15) is 14.2 Å². The van der Waals surface area contributed by atoms with E-state index in [-0.39, 0.29) is 12.2 Å². The number of benzene rings is 1. The molecule has 1 N–H and O–H groups in total. The molecule has 23 heavy (non-hydrogen) atoms. The van der Waals surface area contributed by atoms with E-state index in [0.29, 0.717) is 9.49 Å². The summed E-state index contributed by atoms with van der Waals surface area (Å²) in [5, 5.41) is 10.5. The molecule has 0 aliphatic rings. The fraction of sp³-hybridized carbons (Fsp3) is 0.375. The number of aromatic nitrogens is 2. The van der Waals surface area contributed by atoms with E-state index in [1.54, 1.807) is 11.6 Å². The van der Waals surface area contributed by atoms with Crippen molar-refractivity contribution < 1.29 is 14.2 Å². The van der Waals surface area contributed by atoms with Crippen LogP contribution in [0.5, 0.6) is 0 Å². The lowest BCUT2D eigenvalue weighted by Gasteiger charge is -2.22. The van der Waals surface area contributed by atoms with Crippen molar-refractivity contribution in [2.24, 2.45) is 7.05 Å².